The SMILES string of the molecule is C=C/C=C\C(=C)C/C(C)=C\Cc1ccc(N(C(/C=C\Cc2cc(/C=C\C=C/C)c3c(c2)CC=CC=C3)=C/CC)c2cccc3c2CC=CC=C3)cc1C.CC.CC.CC.CC.C[C@@H]1C=CC=CC1. The Morgan fingerprint density at radius 3 is 2.13 bits per heavy atom. The Balaban J connectivity index is 0.00000135. The van der Waals surface area contributed by atoms with Gasteiger partial charge in [-0.05, 0) is 140 Å². The molecule has 0 spiro atoms. The smallest absolute Gasteiger partial charge is 0.0502 e. The maximum absolute atomic E-state index is 4.20. The molecule has 1 atom stereocenters. The fourth-order valence-electron chi connectivity index (χ4n) is 7.65. The lowest BCUT2D eigenvalue weighted by atomic mass is 9.94. The topological polar surface area (TPSA) is 3.24 Å². The third kappa shape index (κ3) is 20.8. The summed E-state index contributed by atoms with van der Waals surface area (Å²) in [5, 5.41) is 0. The Morgan fingerprint density at radius 1 is 0.765 bits per heavy atom. The number of fused-ring (bicyclic) bond motifs is 2. The molecule has 0 fully saturated rings. The lowest BCUT2D eigenvalue weighted by molar-refractivity contribution is 0.737. The Kier molecular flexibility index (Phi) is 32.5. The van der Waals surface area contributed by atoms with Crippen molar-refractivity contribution >= 4 is 29.6 Å². The van der Waals surface area contributed by atoms with Gasteiger partial charge < -0.3 is 4.90 Å². The van der Waals surface area contributed by atoms with Gasteiger partial charge in [0.05, 0.1) is 5.69 Å². The number of allylic oxidation sites excluding steroid dienone is 22. The van der Waals surface area contributed by atoms with E-state index in [2.05, 4.69) is 223 Å². The van der Waals surface area contributed by atoms with Gasteiger partial charge in [-0.3, -0.25) is 0 Å². The van der Waals surface area contributed by atoms with Crippen molar-refractivity contribution < 1.29 is 0 Å². The van der Waals surface area contributed by atoms with Crippen molar-refractivity contribution in [2.75, 3.05) is 4.90 Å². The number of hydrogen-bond acceptors (Lipinski definition) is 1. The van der Waals surface area contributed by atoms with Crippen molar-refractivity contribution in [3.63, 3.8) is 0 Å². The van der Waals surface area contributed by atoms with Gasteiger partial charge in [-0.2, -0.15) is 0 Å². The summed E-state index contributed by atoms with van der Waals surface area (Å²) in [5.41, 5.74) is 16.5. The molecule has 68 heavy (non-hydrogen) atoms. The molecule has 0 aromatic heterocycles. The number of anilines is 2. The quantitative estimate of drug-likeness (QED) is 0.108. The molecule has 0 radical (unpaired) electrons. The van der Waals surface area contributed by atoms with Gasteiger partial charge in [0.15, 0.2) is 0 Å². The molecular formula is C67H89N. The van der Waals surface area contributed by atoms with Gasteiger partial charge >= 0.3 is 0 Å². The molecule has 362 valence electrons. The maximum atomic E-state index is 4.20. The second-order valence-electron chi connectivity index (χ2n) is 15.8. The lowest BCUT2D eigenvalue weighted by Crippen LogP contribution is -2.18. The summed E-state index contributed by atoms with van der Waals surface area (Å²) in [6, 6.07) is 18.4. The monoisotopic (exact) mass is 908 g/mol. The molecule has 0 N–H and O–H groups in total. The van der Waals surface area contributed by atoms with Crippen LogP contribution in [0.1, 0.15) is 147 Å². The van der Waals surface area contributed by atoms with Crippen LogP contribution in [0.2, 0.25) is 0 Å². The molecule has 0 saturated heterocycles. The Bertz CT molecular complexity index is 2330. The molecule has 3 aromatic carbocycles. The van der Waals surface area contributed by atoms with Crippen LogP contribution in [0.4, 0.5) is 11.4 Å². The first-order valence-electron chi connectivity index (χ1n) is 25.8. The largest absolute Gasteiger partial charge is 0.311 e. The molecule has 1 nitrogen and oxygen atoms in total. The second-order valence-corrected chi connectivity index (χ2v) is 15.8. The molecule has 1 heteroatoms. The zero-order valence-electron chi connectivity index (χ0n) is 44.8. The van der Waals surface area contributed by atoms with Crippen molar-refractivity contribution in [1.82, 2.24) is 0 Å². The summed E-state index contributed by atoms with van der Waals surface area (Å²) in [6.07, 6.45) is 56.5. The zero-order valence-corrected chi connectivity index (χ0v) is 44.8. The molecule has 6 rings (SSSR count). The van der Waals surface area contributed by atoms with E-state index in [0.29, 0.717) is 0 Å². The van der Waals surface area contributed by atoms with Gasteiger partial charge in [0.2, 0.25) is 0 Å². The molecular weight excluding hydrogens is 819 g/mol. The van der Waals surface area contributed by atoms with E-state index in [9.17, 15) is 0 Å². The van der Waals surface area contributed by atoms with Crippen LogP contribution in [-0.4, -0.2) is 0 Å². The number of benzene rings is 3. The van der Waals surface area contributed by atoms with E-state index in [1.807, 2.05) is 67.5 Å². The minimum absolute atomic E-state index is 0.769. The van der Waals surface area contributed by atoms with Gasteiger partial charge in [-0.15, -0.1) is 0 Å². The zero-order chi connectivity index (χ0) is 50.5. The van der Waals surface area contributed by atoms with E-state index in [0.717, 1.165) is 50.0 Å². The van der Waals surface area contributed by atoms with E-state index >= 15 is 0 Å². The summed E-state index contributed by atoms with van der Waals surface area (Å²) in [6.45, 7) is 34.9. The van der Waals surface area contributed by atoms with E-state index in [-0.39, 0.29) is 0 Å². The third-order valence-electron chi connectivity index (χ3n) is 10.8. The van der Waals surface area contributed by atoms with Crippen LogP contribution in [0, 0.1) is 12.8 Å². The number of hydrogen-bond donors (Lipinski definition) is 0. The van der Waals surface area contributed by atoms with Crippen molar-refractivity contribution in [2.45, 2.75) is 135 Å². The van der Waals surface area contributed by atoms with Crippen LogP contribution in [0.15, 0.2) is 200 Å². The second kappa shape index (κ2) is 36.9. The molecule has 0 bridgehead atoms. The third-order valence-corrected chi connectivity index (χ3v) is 10.8. The Hall–Kier alpha value is -6.18. The van der Waals surface area contributed by atoms with Crippen LogP contribution < -0.4 is 4.90 Å². The predicted molar refractivity (Wildman–Crippen MR) is 313 cm³/mol. The number of rotatable bonds is 15. The average molecular weight is 908 g/mol. The van der Waals surface area contributed by atoms with E-state index in [4.69, 9.17) is 0 Å². The molecule has 0 amide bonds. The first kappa shape index (κ1) is 59.8. The minimum atomic E-state index is 0.769. The lowest BCUT2D eigenvalue weighted by Gasteiger charge is -2.30. The average Bonchev–Trinajstić information content (AvgIpc) is 3.78. The Labute approximate surface area is 418 Å². The van der Waals surface area contributed by atoms with E-state index < -0.39 is 0 Å². The van der Waals surface area contributed by atoms with E-state index in [1.165, 1.54) is 73.6 Å². The van der Waals surface area contributed by atoms with Gasteiger partial charge in [-0.25, -0.2) is 0 Å². The minimum Gasteiger partial charge on any atom is -0.311 e. The number of aryl methyl sites for hydroxylation is 1. The van der Waals surface area contributed by atoms with Crippen LogP contribution in [0.5, 0.6) is 0 Å². The molecule has 3 aromatic rings. The fourth-order valence-corrected chi connectivity index (χ4v) is 7.65. The van der Waals surface area contributed by atoms with Gasteiger partial charge in [0.1, 0.15) is 0 Å². The van der Waals surface area contributed by atoms with E-state index in [1.54, 1.807) is 6.08 Å². The van der Waals surface area contributed by atoms with Crippen LogP contribution in [-0.2, 0) is 25.7 Å². The highest BCUT2D eigenvalue weighted by molar-refractivity contribution is 5.78. The standard InChI is InChI=1S/C52H55N.C7H10.4C2H6/c1-7-10-14-25-46-38-43(39-47-26-16-13-17-29-50(46)47)23-19-28-48(21-9-3)53(52-31-20-27-45-24-15-12-18-30-51(45)52)49-35-34-44(42(6)37-49)33-32-41(5)36-40(4)22-11-8-2;1-7-5-3-2-4-6-7;4*1-2/h7-8,10-22,24-25,27-29,31-32,34-35,37-39H,2,4,9,23,26,30,33,36H2,1,3,5-6H3;2-5,7H,6H2,1H3;4*1-2H3/b10-7-,22-11-,25-14-,28-19-,41-32-,48-21+;;;;;/t;7-;;;;/m.1..../s1. The van der Waals surface area contributed by atoms with Crippen LogP contribution in [0.25, 0.3) is 18.2 Å². The van der Waals surface area contributed by atoms with Gasteiger partial charge in [0, 0.05) is 11.4 Å². The summed E-state index contributed by atoms with van der Waals surface area (Å²) < 4.78 is 0. The van der Waals surface area contributed by atoms with Crippen LogP contribution in [0.3, 0.4) is 0 Å². The van der Waals surface area contributed by atoms with Gasteiger partial charge in [-0.1, -0.05) is 258 Å². The molecule has 0 unspecified atom stereocenters. The molecule has 3 aliphatic carbocycles. The van der Waals surface area contributed by atoms with Crippen LogP contribution >= 0.6 is 0 Å². The van der Waals surface area contributed by atoms with Crippen molar-refractivity contribution in [3.8, 4) is 0 Å². The summed E-state index contributed by atoms with van der Waals surface area (Å²) in [7, 11) is 0. The molecule has 0 aliphatic heterocycles. The first-order chi connectivity index (χ1) is 33.3. The number of nitrogens with zero attached hydrogens (tertiary/aromatic N) is 1. The summed E-state index contributed by atoms with van der Waals surface area (Å²) >= 11 is 0. The Morgan fingerprint density at radius 2 is 1.49 bits per heavy atom. The molecule has 3 aliphatic rings. The molecule has 0 saturated carbocycles. The predicted octanol–water partition coefficient (Wildman–Crippen LogP) is 20.5. The fraction of sp³-hybridized carbons (Fsp3) is 0.313. The van der Waals surface area contributed by atoms with Crippen molar-refractivity contribution in [3.05, 3.63) is 245 Å². The normalized spacial score (nSPS) is 14.5. The highest BCUT2D eigenvalue weighted by atomic mass is 15.1. The molecule has 0 heterocycles. The highest BCUT2D eigenvalue weighted by Crippen LogP contribution is 2.37. The summed E-state index contributed by atoms with van der Waals surface area (Å²) in [4.78, 5) is 2.47. The van der Waals surface area contributed by atoms with Gasteiger partial charge in [0.25, 0.3) is 0 Å². The first-order valence-corrected chi connectivity index (χ1v) is 25.8. The maximum Gasteiger partial charge on any atom is 0.0502 e. The van der Waals surface area contributed by atoms with Crippen molar-refractivity contribution in [2.24, 2.45) is 5.92 Å². The highest BCUT2D eigenvalue weighted by Gasteiger charge is 2.19. The van der Waals surface area contributed by atoms with Crippen molar-refractivity contribution in [1.29, 1.82) is 0 Å². The summed E-state index contributed by atoms with van der Waals surface area (Å²) in [5.74, 6) is 0.769.